The second kappa shape index (κ2) is 10.2. The quantitative estimate of drug-likeness (QED) is 0.418. The Kier molecular flexibility index (Phi) is 7.24. The first-order chi connectivity index (χ1) is 16.4. The van der Waals surface area contributed by atoms with Crippen LogP contribution >= 0.6 is 24.0 Å². The Morgan fingerprint density at radius 2 is 1.88 bits per heavy atom. The highest BCUT2D eigenvalue weighted by molar-refractivity contribution is 8.26. The predicted octanol–water partition coefficient (Wildman–Crippen LogP) is 5.00. The van der Waals surface area contributed by atoms with E-state index >= 15 is 0 Å². The van der Waals surface area contributed by atoms with Crippen LogP contribution in [-0.2, 0) is 11.3 Å². The Bertz CT molecular complexity index is 1250. The molecule has 1 unspecified atom stereocenters. The molecule has 2 aromatic rings. The summed E-state index contributed by atoms with van der Waals surface area (Å²) in [6.45, 7) is 8.01. The summed E-state index contributed by atoms with van der Waals surface area (Å²) >= 11 is 6.88. The third-order valence-corrected chi connectivity index (χ3v) is 7.80. The van der Waals surface area contributed by atoms with E-state index in [0.717, 1.165) is 49.3 Å². The zero-order valence-electron chi connectivity index (χ0n) is 19.7. The molecular weight excluding hydrogens is 464 g/mol. The number of carbonyl (C=O) groups excluding carboxylic acids is 1. The zero-order chi connectivity index (χ0) is 24.4. The number of nitrogens with zero attached hydrogens (tertiary/aromatic N) is 4. The predicted molar refractivity (Wildman–Crippen MR) is 142 cm³/mol. The first kappa shape index (κ1) is 24.2. The maximum absolute atomic E-state index is 13.5. The van der Waals surface area contributed by atoms with Gasteiger partial charge in [-0.15, -0.1) is 0 Å². The average molecular weight is 493 g/mol. The molecule has 2 saturated heterocycles. The number of carbonyl (C=O) groups is 1. The minimum Gasteiger partial charge on any atom is -0.357 e. The number of benzene rings is 1. The van der Waals surface area contributed by atoms with Gasteiger partial charge in [0, 0.05) is 25.2 Å². The van der Waals surface area contributed by atoms with Crippen LogP contribution in [0.4, 0.5) is 5.82 Å². The molecule has 0 aliphatic carbocycles. The van der Waals surface area contributed by atoms with E-state index in [-0.39, 0.29) is 23.1 Å². The Morgan fingerprint density at radius 1 is 1.21 bits per heavy atom. The molecule has 2 aliphatic rings. The van der Waals surface area contributed by atoms with Gasteiger partial charge in [-0.2, -0.15) is 5.26 Å². The van der Waals surface area contributed by atoms with Gasteiger partial charge in [0.25, 0.3) is 11.5 Å². The zero-order valence-corrected chi connectivity index (χ0v) is 21.3. The number of thioether (sulfide) groups is 1. The normalized spacial score (nSPS) is 18.1. The third-order valence-electron chi connectivity index (χ3n) is 6.47. The number of rotatable bonds is 6. The van der Waals surface area contributed by atoms with Gasteiger partial charge in [-0.05, 0) is 50.3 Å². The van der Waals surface area contributed by atoms with E-state index in [1.807, 2.05) is 50.3 Å². The summed E-state index contributed by atoms with van der Waals surface area (Å²) in [6.07, 6.45) is 4.71. The summed E-state index contributed by atoms with van der Waals surface area (Å²) < 4.78 is 2.23. The first-order valence-corrected chi connectivity index (χ1v) is 12.9. The highest BCUT2D eigenvalue weighted by Gasteiger charge is 2.36. The largest absolute Gasteiger partial charge is 0.357 e. The van der Waals surface area contributed by atoms with Gasteiger partial charge in [0.15, 0.2) is 0 Å². The molecule has 1 aromatic carbocycles. The summed E-state index contributed by atoms with van der Waals surface area (Å²) in [7, 11) is 0. The minimum atomic E-state index is -0.258. The number of aromatic nitrogens is 1. The molecule has 176 valence electrons. The lowest BCUT2D eigenvalue weighted by Gasteiger charge is -2.27. The van der Waals surface area contributed by atoms with Crippen molar-refractivity contribution >= 4 is 46.1 Å². The van der Waals surface area contributed by atoms with E-state index in [1.54, 1.807) is 16.4 Å². The lowest BCUT2D eigenvalue weighted by atomic mass is 10.0. The average Bonchev–Trinajstić information content (AvgIpc) is 3.46. The Labute approximate surface area is 209 Å². The fourth-order valence-corrected chi connectivity index (χ4v) is 6.07. The van der Waals surface area contributed by atoms with E-state index in [4.69, 9.17) is 12.2 Å². The van der Waals surface area contributed by atoms with Crippen LogP contribution < -0.4 is 10.5 Å². The molecule has 3 heterocycles. The number of thiocarbonyl (C=S) groups is 1. The lowest BCUT2D eigenvalue weighted by molar-refractivity contribution is -0.123. The van der Waals surface area contributed by atoms with E-state index in [1.165, 1.54) is 11.8 Å². The van der Waals surface area contributed by atoms with Gasteiger partial charge in [0.2, 0.25) is 0 Å². The molecule has 0 spiro atoms. The van der Waals surface area contributed by atoms with E-state index in [9.17, 15) is 14.9 Å². The SMILES string of the molecule is CCCn1c(N2CCCC2)c(/C=C2\SC(=S)N(C(C)c3ccccc3)C2=O)c(C)c(C#N)c1=O. The number of hydrogen-bond acceptors (Lipinski definition) is 6. The lowest BCUT2D eigenvalue weighted by Crippen LogP contribution is -2.33. The van der Waals surface area contributed by atoms with Gasteiger partial charge in [0.1, 0.15) is 21.8 Å². The number of nitriles is 1. The van der Waals surface area contributed by atoms with Crippen molar-refractivity contribution in [1.82, 2.24) is 9.47 Å². The monoisotopic (exact) mass is 492 g/mol. The molecule has 0 saturated carbocycles. The van der Waals surface area contributed by atoms with Crippen LogP contribution in [0.2, 0.25) is 0 Å². The fraction of sp³-hybridized carbons (Fsp3) is 0.385. The number of pyridine rings is 1. The van der Waals surface area contributed by atoms with Crippen LogP contribution in [0.1, 0.15) is 61.4 Å². The van der Waals surface area contributed by atoms with Crippen molar-refractivity contribution in [2.75, 3.05) is 18.0 Å². The molecule has 2 fully saturated rings. The standard InChI is InChI=1S/C26H28N4O2S2/c1-4-12-29-23(28-13-8-9-14-28)20(17(2)21(16-27)24(29)31)15-22-25(32)30(26(33)34-22)18(3)19-10-6-5-7-11-19/h5-7,10-11,15,18H,4,8-9,12-14H2,1-3H3/b22-15-. The molecule has 2 aliphatic heterocycles. The van der Waals surface area contributed by atoms with Crippen LogP contribution in [0.25, 0.3) is 6.08 Å². The summed E-state index contributed by atoms with van der Waals surface area (Å²) in [6, 6.07) is 11.7. The van der Waals surface area contributed by atoms with Gasteiger partial charge in [0.05, 0.1) is 10.9 Å². The molecule has 1 amide bonds. The number of hydrogen-bond donors (Lipinski definition) is 0. The minimum absolute atomic E-state index is 0.135. The Morgan fingerprint density at radius 3 is 2.50 bits per heavy atom. The summed E-state index contributed by atoms with van der Waals surface area (Å²) in [5.41, 5.74) is 2.27. The van der Waals surface area contributed by atoms with Gasteiger partial charge >= 0.3 is 0 Å². The highest BCUT2D eigenvalue weighted by atomic mass is 32.2. The molecule has 4 rings (SSSR count). The van der Waals surface area contributed by atoms with Crippen LogP contribution in [-0.4, -0.2) is 32.8 Å². The second-order valence-corrected chi connectivity index (χ2v) is 10.3. The maximum atomic E-state index is 13.5. The van der Waals surface area contributed by atoms with Crippen molar-refractivity contribution in [3.05, 3.63) is 67.8 Å². The highest BCUT2D eigenvalue weighted by Crippen LogP contribution is 2.40. The second-order valence-electron chi connectivity index (χ2n) is 8.64. The van der Waals surface area contributed by atoms with Crippen LogP contribution in [0.3, 0.4) is 0 Å². The summed E-state index contributed by atoms with van der Waals surface area (Å²) in [5, 5.41) is 9.77. The van der Waals surface area contributed by atoms with Crippen molar-refractivity contribution in [3.8, 4) is 6.07 Å². The Balaban J connectivity index is 1.84. The van der Waals surface area contributed by atoms with Crippen molar-refractivity contribution in [2.45, 2.75) is 52.6 Å². The Hall–Kier alpha value is -2.89. The van der Waals surface area contributed by atoms with Crippen LogP contribution in [0.15, 0.2) is 40.0 Å². The van der Waals surface area contributed by atoms with Gasteiger partial charge in [-0.1, -0.05) is 61.2 Å². The number of amides is 1. The number of anilines is 1. The van der Waals surface area contributed by atoms with Crippen LogP contribution in [0.5, 0.6) is 0 Å². The van der Waals surface area contributed by atoms with Gasteiger partial charge < -0.3 is 4.90 Å². The van der Waals surface area contributed by atoms with E-state index in [2.05, 4.69) is 11.0 Å². The molecule has 8 heteroatoms. The van der Waals surface area contributed by atoms with Crippen molar-refractivity contribution in [2.24, 2.45) is 0 Å². The van der Waals surface area contributed by atoms with E-state index < -0.39 is 0 Å². The third kappa shape index (κ3) is 4.30. The van der Waals surface area contributed by atoms with Gasteiger partial charge in [-0.25, -0.2) is 0 Å². The first-order valence-electron chi connectivity index (χ1n) is 11.6. The molecular formula is C26H28N4O2S2. The molecule has 0 N–H and O–H groups in total. The molecule has 0 bridgehead atoms. The summed E-state index contributed by atoms with van der Waals surface area (Å²) in [4.78, 5) is 31.1. The van der Waals surface area contributed by atoms with Crippen molar-refractivity contribution in [3.63, 3.8) is 0 Å². The molecule has 1 atom stereocenters. The topological polar surface area (TPSA) is 69.3 Å². The van der Waals surface area contributed by atoms with Gasteiger partial charge in [-0.3, -0.25) is 19.1 Å². The summed E-state index contributed by atoms with van der Waals surface area (Å²) in [5.74, 6) is 0.659. The molecule has 1 aromatic heterocycles. The van der Waals surface area contributed by atoms with Crippen molar-refractivity contribution in [1.29, 1.82) is 5.26 Å². The molecule has 6 nitrogen and oxygen atoms in total. The fourth-order valence-electron chi connectivity index (χ4n) is 4.67. The molecule has 0 radical (unpaired) electrons. The van der Waals surface area contributed by atoms with E-state index in [0.29, 0.717) is 21.3 Å². The van der Waals surface area contributed by atoms with Crippen LogP contribution in [0, 0.1) is 18.3 Å². The molecule has 34 heavy (non-hydrogen) atoms. The smallest absolute Gasteiger partial charge is 0.270 e. The van der Waals surface area contributed by atoms with Crippen molar-refractivity contribution < 1.29 is 4.79 Å². The maximum Gasteiger partial charge on any atom is 0.270 e.